The first-order valence-electron chi connectivity index (χ1n) is 24.9. The fraction of sp³-hybridized carbons (Fsp3) is 0.517. The van der Waals surface area contributed by atoms with Crippen molar-refractivity contribution in [2.75, 3.05) is 0 Å². The topological polar surface area (TPSA) is 12.5 Å². The zero-order valence-electron chi connectivity index (χ0n) is 36.5. The lowest BCUT2D eigenvalue weighted by atomic mass is 9.76. The van der Waals surface area contributed by atoms with E-state index in [2.05, 4.69) is 96.0 Å². The summed E-state index contributed by atoms with van der Waals surface area (Å²) in [5.41, 5.74) is 19.3. The van der Waals surface area contributed by atoms with Crippen molar-refractivity contribution in [3.63, 3.8) is 0 Å². The third-order valence-electron chi connectivity index (χ3n) is 16.5. The molecule has 0 saturated heterocycles. The highest BCUT2D eigenvalue weighted by Crippen LogP contribution is 2.49. The molecule has 6 atom stereocenters. The van der Waals surface area contributed by atoms with Crippen molar-refractivity contribution < 1.29 is 4.74 Å². The standard InChI is InChI=1S/C58H69NO/c1-3-11-40(12-4-1)47-17-9-18-48(37-47)42-23-30-51(31-24-42)59(52-32-25-43(26-33-52)49-22-21-41-13-7-8-16-46(41)38-49)53-34-27-44(28-35-53)50-29-36-57-56(39-50)55-20-10-19-54(58(55)60-57)45-14-5-2-6-15-45/h2,5,11,19,23-25,29-30,32,34,36-39,44-45,48,51,56-57H,1,3-4,6-10,12-18,20-22,26-28,31,33,35H2/t44-,45?,48?,51?,56?,57?/m1/s1. The summed E-state index contributed by atoms with van der Waals surface area (Å²) < 4.78 is 6.81. The van der Waals surface area contributed by atoms with Gasteiger partial charge in [0.25, 0.3) is 0 Å². The average Bonchev–Trinajstić information content (AvgIpc) is 3.71. The van der Waals surface area contributed by atoms with Crippen LogP contribution in [-0.2, 0) is 4.74 Å². The maximum absolute atomic E-state index is 6.81. The first-order valence-corrected chi connectivity index (χ1v) is 24.9. The van der Waals surface area contributed by atoms with Crippen LogP contribution in [0.4, 0.5) is 0 Å². The average molecular weight is 796 g/mol. The molecule has 0 radical (unpaired) electrons. The zero-order chi connectivity index (χ0) is 39.8. The molecule has 0 bridgehead atoms. The quantitative estimate of drug-likeness (QED) is 0.227. The summed E-state index contributed by atoms with van der Waals surface area (Å²) in [6, 6.07) is 0.387. The van der Waals surface area contributed by atoms with Crippen LogP contribution in [0.1, 0.15) is 154 Å². The van der Waals surface area contributed by atoms with Crippen LogP contribution >= 0.6 is 0 Å². The van der Waals surface area contributed by atoms with Crippen molar-refractivity contribution in [3.05, 3.63) is 164 Å². The van der Waals surface area contributed by atoms with Crippen molar-refractivity contribution in [3.8, 4) is 0 Å². The molecule has 0 amide bonds. The minimum absolute atomic E-state index is 0.183. The molecular formula is C58H69NO. The third kappa shape index (κ3) is 7.84. The van der Waals surface area contributed by atoms with Crippen molar-refractivity contribution >= 4 is 0 Å². The van der Waals surface area contributed by atoms with Crippen LogP contribution in [0.3, 0.4) is 0 Å². The highest BCUT2D eigenvalue weighted by Gasteiger charge is 2.40. The first-order chi connectivity index (χ1) is 29.7. The van der Waals surface area contributed by atoms with Crippen LogP contribution in [0, 0.1) is 23.7 Å². The van der Waals surface area contributed by atoms with Crippen LogP contribution in [0.25, 0.3) is 0 Å². The van der Waals surface area contributed by atoms with Crippen LogP contribution in [0.15, 0.2) is 164 Å². The van der Waals surface area contributed by atoms with Gasteiger partial charge in [-0.2, -0.15) is 0 Å². The van der Waals surface area contributed by atoms with Crippen LogP contribution < -0.4 is 0 Å². The van der Waals surface area contributed by atoms with Crippen molar-refractivity contribution in [1.82, 2.24) is 4.90 Å². The number of nitrogens with zero attached hydrogens (tertiary/aromatic N) is 1. The molecule has 0 saturated carbocycles. The maximum Gasteiger partial charge on any atom is 0.127 e. The van der Waals surface area contributed by atoms with Crippen LogP contribution in [0.2, 0.25) is 0 Å². The molecule has 312 valence electrons. The highest BCUT2D eigenvalue weighted by molar-refractivity contribution is 5.49. The molecule has 0 aromatic heterocycles. The summed E-state index contributed by atoms with van der Waals surface area (Å²) in [5.74, 6) is 3.49. The number of hydrogen-bond donors (Lipinski definition) is 0. The second kappa shape index (κ2) is 17.4. The zero-order valence-corrected chi connectivity index (χ0v) is 36.5. The van der Waals surface area contributed by atoms with Gasteiger partial charge < -0.3 is 9.64 Å². The van der Waals surface area contributed by atoms with Gasteiger partial charge in [-0.05, 0) is 228 Å². The van der Waals surface area contributed by atoms with Gasteiger partial charge in [0.05, 0.1) is 6.04 Å². The lowest BCUT2D eigenvalue weighted by Gasteiger charge is -2.40. The van der Waals surface area contributed by atoms with Crippen LogP contribution in [-0.4, -0.2) is 17.0 Å². The lowest BCUT2D eigenvalue weighted by molar-refractivity contribution is 0.165. The molecule has 0 N–H and O–H groups in total. The number of fused-ring (bicyclic) bond motifs is 2. The van der Waals surface area contributed by atoms with E-state index in [0.29, 0.717) is 29.7 Å². The predicted molar refractivity (Wildman–Crippen MR) is 249 cm³/mol. The number of allylic oxidation sites excluding steroid dienone is 22. The Morgan fingerprint density at radius 3 is 2.30 bits per heavy atom. The summed E-state index contributed by atoms with van der Waals surface area (Å²) in [4.78, 5) is 2.82. The van der Waals surface area contributed by atoms with Gasteiger partial charge in [0.2, 0.25) is 0 Å². The van der Waals surface area contributed by atoms with Gasteiger partial charge in [0.15, 0.2) is 0 Å². The minimum Gasteiger partial charge on any atom is -0.485 e. The monoisotopic (exact) mass is 796 g/mol. The molecule has 60 heavy (non-hydrogen) atoms. The summed E-state index contributed by atoms with van der Waals surface area (Å²) in [5, 5.41) is 0. The Balaban J connectivity index is 0.835. The van der Waals surface area contributed by atoms with Crippen LogP contribution in [0.5, 0.6) is 0 Å². The molecule has 1 heterocycles. The largest absolute Gasteiger partial charge is 0.485 e. The van der Waals surface area contributed by atoms with Gasteiger partial charge >= 0.3 is 0 Å². The molecule has 2 heteroatoms. The summed E-state index contributed by atoms with van der Waals surface area (Å²) in [7, 11) is 0. The molecule has 5 unspecified atom stereocenters. The summed E-state index contributed by atoms with van der Waals surface area (Å²) >= 11 is 0. The Kier molecular flexibility index (Phi) is 11.3. The highest BCUT2D eigenvalue weighted by atomic mass is 16.5. The Morgan fingerprint density at radius 1 is 0.550 bits per heavy atom. The number of ether oxygens (including phenoxy) is 1. The van der Waals surface area contributed by atoms with Crippen molar-refractivity contribution in [2.45, 2.75) is 166 Å². The Hall–Kier alpha value is -4.04. The molecule has 0 fully saturated rings. The van der Waals surface area contributed by atoms with E-state index in [0.717, 1.165) is 32.1 Å². The normalized spacial score (nSPS) is 32.8. The molecule has 10 aliphatic carbocycles. The lowest BCUT2D eigenvalue weighted by Crippen LogP contribution is -2.35. The second-order valence-corrected chi connectivity index (χ2v) is 20.1. The van der Waals surface area contributed by atoms with Gasteiger partial charge in [0.1, 0.15) is 11.9 Å². The van der Waals surface area contributed by atoms with Gasteiger partial charge in [0, 0.05) is 23.2 Å². The summed E-state index contributed by atoms with van der Waals surface area (Å²) in [6.07, 6.45) is 68.3. The van der Waals surface area contributed by atoms with Gasteiger partial charge in [-0.15, -0.1) is 0 Å². The molecule has 0 aromatic carbocycles. The Labute approximate surface area is 362 Å². The number of hydrogen-bond acceptors (Lipinski definition) is 2. The van der Waals surface area contributed by atoms with E-state index in [9.17, 15) is 0 Å². The van der Waals surface area contributed by atoms with E-state index in [1.165, 1.54) is 139 Å². The third-order valence-corrected chi connectivity index (χ3v) is 16.5. The van der Waals surface area contributed by atoms with Gasteiger partial charge in [-0.1, -0.05) is 84.6 Å². The maximum atomic E-state index is 6.81. The molecular weight excluding hydrogens is 727 g/mol. The van der Waals surface area contributed by atoms with E-state index < -0.39 is 0 Å². The smallest absolute Gasteiger partial charge is 0.127 e. The van der Waals surface area contributed by atoms with E-state index in [-0.39, 0.29) is 6.10 Å². The molecule has 0 spiro atoms. The molecule has 11 rings (SSSR count). The van der Waals surface area contributed by atoms with E-state index in [4.69, 9.17) is 4.74 Å². The second-order valence-electron chi connectivity index (χ2n) is 20.1. The van der Waals surface area contributed by atoms with Gasteiger partial charge in [-0.25, -0.2) is 0 Å². The fourth-order valence-electron chi connectivity index (χ4n) is 13.2. The SMILES string of the molecule is C1=CCC(C2=CCCC3=C2OC2C=CC([C@@H]4CC=C(N(C5=CC=C(C6=CC7=C(CCCC7)CC6)CC5)C5C=CC(C6C=C(C7=CCCCC7)CCC6)=CC5)CC4)=CC32)CC1. The summed E-state index contributed by atoms with van der Waals surface area (Å²) in [6.45, 7) is 0. The Morgan fingerprint density at radius 2 is 1.47 bits per heavy atom. The van der Waals surface area contributed by atoms with E-state index in [1.807, 2.05) is 0 Å². The predicted octanol–water partition coefficient (Wildman–Crippen LogP) is 15.5. The van der Waals surface area contributed by atoms with Crippen molar-refractivity contribution in [2.24, 2.45) is 23.7 Å². The van der Waals surface area contributed by atoms with E-state index >= 15 is 0 Å². The van der Waals surface area contributed by atoms with Crippen molar-refractivity contribution in [1.29, 1.82) is 0 Å². The molecule has 0 aromatic rings. The molecule has 1 aliphatic heterocycles. The fourth-order valence-corrected chi connectivity index (χ4v) is 13.2. The van der Waals surface area contributed by atoms with Gasteiger partial charge in [-0.3, -0.25) is 0 Å². The molecule has 11 aliphatic rings. The minimum atomic E-state index is 0.183. The number of rotatable bonds is 8. The first kappa shape index (κ1) is 38.9. The Bertz CT molecular complexity index is 2190. The van der Waals surface area contributed by atoms with E-state index in [1.54, 1.807) is 55.9 Å². The molecule has 2 nitrogen and oxygen atoms in total.